The van der Waals surface area contributed by atoms with Gasteiger partial charge in [0.1, 0.15) is 17.8 Å². The molecule has 1 fully saturated rings. The van der Waals surface area contributed by atoms with Gasteiger partial charge >= 0.3 is 0 Å². The molecule has 0 saturated carbocycles. The largest absolute Gasteiger partial charge is 0.491 e. The van der Waals surface area contributed by atoms with Crippen LogP contribution in [0.1, 0.15) is 40.6 Å². The minimum atomic E-state index is -1.26. The molecule has 2 amide bonds. The summed E-state index contributed by atoms with van der Waals surface area (Å²) in [7, 11) is 0. The second-order valence-electron chi connectivity index (χ2n) is 8.79. The third kappa shape index (κ3) is 3.90. The van der Waals surface area contributed by atoms with Gasteiger partial charge in [0.15, 0.2) is 0 Å². The minimum Gasteiger partial charge on any atom is -0.491 e. The second kappa shape index (κ2) is 9.51. The van der Waals surface area contributed by atoms with Crippen LogP contribution in [0.15, 0.2) is 60.7 Å². The Morgan fingerprint density at radius 1 is 1.08 bits per heavy atom. The zero-order valence-corrected chi connectivity index (χ0v) is 20.6. The molecule has 6 nitrogen and oxygen atoms in total. The Morgan fingerprint density at radius 2 is 1.89 bits per heavy atom. The number of halogens is 2. The molecule has 182 valence electrons. The van der Waals surface area contributed by atoms with E-state index >= 15 is 0 Å². The number of rotatable bonds is 5. The van der Waals surface area contributed by atoms with E-state index in [4.69, 9.17) is 34.4 Å². The van der Waals surface area contributed by atoms with E-state index in [1.165, 1.54) is 0 Å². The lowest BCUT2D eigenvalue weighted by Crippen LogP contribution is -2.57. The molecule has 2 heterocycles. The van der Waals surface area contributed by atoms with Gasteiger partial charge in [-0.1, -0.05) is 47.3 Å². The number of aliphatic hydroxyl groups excluding tert-OH is 1. The van der Waals surface area contributed by atoms with Crippen molar-refractivity contribution in [3.05, 3.63) is 93.0 Å². The van der Waals surface area contributed by atoms with Crippen LogP contribution in [0.25, 0.3) is 0 Å². The fourth-order valence-corrected chi connectivity index (χ4v) is 5.79. The minimum absolute atomic E-state index is 0.0339. The van der Waals surface area contributed by atoms with Crippen LogP contribution in [0.5, 0.6) is 5.75 Å². The first-order chi connectivity index (χ1) is 17.4. The Kier molecular flexibility index (Phi) is 6.40. The van der Waals surface area contributed by atoms with Crippen molar-refractivity contribution in [1.82, 2.24) is 5.32 Å². The van der Waals surface area contributed by atoms with E-state index in [0.29, 0.717) is 38.2 Å². The van der Waals surface area contributed by atoms with Crippen LogP contribution in [0.4, 0.5) is 5.69 Å². The van der Waals surface area contributed by atoms with Crippen molar-refractivity contribution in [3.8, 4) is 18.1 Å². The highest BCUT2D eigenvalue weighted by molar-refractivity contribution is 6.31. The Labute approximate surface area is 218 Å². The normalized spacial score (nSPS) is 22.5. The number of fused-ring (bicyclic) bond motifs is 2. The van der Waals surface area contributed by atoms with Crippen molar-refractivity contribution in [1.29, 1.82) is 0 Å². The van der Waals surface area contributed by atoms with Crippen LogP contribution in [0.3, 0.4) is 0 Å². The Morgan fingerprint density at radius 3 is 2.64 bits per heavy atom. The zero-order valence-electron chi connectivity index (χ0n) is 19.1. The number of hydrogen-bond acceptors (Lipinski definition) is 4. The number of nitrogens with one attached hydrogen (secondary N) is 2. The highest BCUT2D eigenvalue weighted by Gasteiger charge is 2.61. The predicted octanol–water partition coefficient (Wildman–Crippen LogP) is 4.58. The number of carbonyl (C=O) groups is 2. The van der Waals surface area contributed by atoms with E-state index in [1.807, 2.05) is 12.1 Å². The van der Waals surface area contributed by atoms with Crippen molar-refractivity contribution < 1.29 is 19.4 Å². The lowest BCUT2D eigenvalue weighted by molar-refractivity contribution is -0.131. The van der Waals surface area contributed by atoms with Gasteiger partial charge in [0.05, 0.1) is 12.6 Å². The lowest BCUT2D eigenvalue weighted by Gasteiger charge is -2.46. The molecule has 3 N–H and O–H groups in total. The van der Waals surface area contributed by atoms with Crippen LogP contribution in [0.2, 0.25) is 10.0 Å². The van der Waals surface area contributed by atoms with Crippen molar-refractivity contribution in [3.63, 3.8) is 0 Å². The standard InChI is InChI=1S/C28H22Cl2N2O4/c1-2-16-6-9-24(36-11-10-33)20(12-16)26-28(21-8-7-19(30)14-23(21)31-27(28)35)22(15-25(34)32-26)17-4-3-5-18(29)13-17/h1,3-9,12-14,22,26,33H,10-11,15H2,(H,31,35)(H,32,34)/t22-,26+,28-/m1/s1. The first kappa shape index (κ1) is 24.2. The molecule has 1 spiro atoms. The van der Waals surface area contributed by atoms with Crippen molar-refractivity contribution in [2.45, 2.75) is 23.8 Å². The molecule has 36 heavy (non-hydrogen) atoms. The summed E-state index contributed by atoms with van der Waals surface area (Å²) < 4.78 is 5.84. The molecule has 0 radical (unpaired) electrons. The van der Waals surface area contributed by atoms with Gasteiger partial charge in [-0.3, -0.25) is 9.59 Å². The zero-order chi connectivity index (χ0) is 25.4. The Balaban J connectivity index is 1.81. The maximum Gasteiger partial charge on any atom is 0.238 e. The quantitative estimate of drug-likeness (QED) is 0.429. The van der Waals surface area contributed by atoms with E-state index in [0.717, 1.165) is 5.56 Å². The maximum atomic E-state index is 14.1. The molecule has 1 saturated heterocycles. The third-order valence-corrected chi connectivity index (χ3v) is 7.31. The molecular formula is C28H22Cl2N2O4. The summed E-state index contributed by atoms with van der Waals surface area (Å²) in [6.45, 7) is -0.169. The van der Waals surface area contributed by atoms with E-state index in [-0.39, 0.29) is 31.4 Å². The monoisotopic (exact) mass is 520 g/mol. The molecular weight excluding hydrogens is 499 g/mol. The predicted molar refractivity (Wildman–Crippen MR) is 138 cm³/mol. The fourth-order valence-electron chi connectivity index (χ4n) is 5.42. The number of ether oxygens (including phenoxy) is 1. The first-order valence-corrected chi connectivity index (χ1v) is 12.1. The van der Waals surface area contributed by atoms with Crippen LogP contribution in [0, 0.1) is 12.3 Å². The highest BCUT2D eigenvalue weighted by atomic mass is 35.5. The number of aliphatic hydroxyl groups is 1. The first-order valence-electron chi connectivity index (χ1n) is 11.4. The smallest absolute Gasteiger partial charge is 0.238 e. The SMILES string of the molecule is C#Cc1ccc(OCCO)c([C@@H]2NC(=O)C[C@H](c3cccc(Cl)c3)[C@@]23C(=O)Nc2cc(Cl)ccc23)c1. The average Bonchev–Trinajstić information content (AvgIpc) is 3.14. The van der Waals surface area contributed by atoms with Crippen molar-refractivity contribution in [2.24, 2.45) is 0 Å². The van der Waals surface area contributed by atoms with E-state index in [1.54, 1.807) is 48.5 Å². The van der Waals surface area contributed by atoms with Gasteiger partial charge in [0, 0.05) is 39.2 Å². The van der Waals surface area contributed by atoms with Gasteiger partial charge < -0.3 is 20.5 Å². The highest BCUT2D eigenvalue weighted by Crippen LogP contribution is 2.58. The molecule has 0 bridgehead atoms. The lowest BCUT2D eigenvalue weighted by atomic mass is 9.59. The molecule has 3 atom stereocenters. The summed E-state index contributed by atoms with van der Waals surface area (Å²) >= 11 is 12.6. The molecule has 2 aliphatic heterocycles. The van der Waals surface area contributed by atoms with Gasteiger partial charge in [0.2, 0.25) is 11.8 Å². The van der Waals surface area contributed by atoms with E-state index in [2.05, 4.69) is 16.6 Å². The van der Waals surface area contributed by atoms with Crippen LogP contribution < -0.4 is 15.4 Å². The average molecular weight is 521 g/mol. The number of benzene rings is 3. The Bertz CT molecular complexity index is 1420. The van der Waals surface area contributed by atoms with Gasteiger partial charge in [-0.25, -0.2) is 0 Å². The van der Waals surface area contributed by atoms with Crippen LogP contribution in [-0.4, -0.2) is 30.1 Å². The molecule has 0 unspecified atom stereocenters. The van der Waals surface area contributed by atoms with Gasteiger partial charge in [0.25, 0.3) is 0 Å². The summed E-state index contributed by atoms with van der Waals surface area (Å²) in [5.74, 6) is 1.95. The fraction of sp³-hybridized carbons (Fsp3) is 0.214. The molecule has 2 aliphatic rings. The van der Waals surface area contributed by atoms with Gasteiger partial charge in [-0.05, 0) is 53.6 Å². The van der Waals surface area contributed by atoms with Gasteiger partial charge in [-0.2, -0.15) is 0 Å². The van der Waals surface area contributed by atoms with E-state index < -0.39 is 17.4 Å². The summed E-state index contributed by atoms with van der Waals surface area (Å²) in [6.07, 6.45) is 5.76. The van der Waals surface area contributed by atoms with E-state index in [9.17, 15) is 14.7 Å². The molecule has 5 rings (SSSR count). The topological polar surface area (TPSA) is 87.7 Å². The number of amides is 2. The number of anilines is 1. The molecule has 3 aromatic carbocycles. The van der Waals surface area contributed by atoms with Crippen LogP contribution in [-0.2, 0) is 15.0 Å². The summed E-state index contributed by atoms with van der Waals surface area (Å²) in [5, 5.41) is 16.4. The van der Waals surface area contributed by atoms with Crippen LogP contribution >= 0.6 is 23.2 Å². The van der Waals surface area contributed by atoms with Crippen molar-refractivity contribution >= 4 is 40.7 Å². The van der Waals surface area contributed by atoms with Gasteiger partial charge in [-0.15, -0.1) is 6.42 Å². The third-order valence-electron chi connectivity index (χ3n) is 6.84. The summed E-state index contributed by atoms with van der Waals surface area (Å²) in [5.41, 5.74) is 1.87. The summed E-state index contributed by atoms with van der Waals surface area (Å²) in [6, 6.07) is 16.8. The molecule has 8 heteroatoms. The summed E-state index contributed by atoms with van der Waals surface area (Å²) in [4.78, 5) is 27.3. The Hall–Kier alpha value is -3.50. The van der Waals surface area contributed by atoms with Crippen molar-refractivity contribution in [2.75, 3.05) is 18.5 Å². The number of carbonyl (C=O) groups excluding carboxylic acids is 2. The number of hydrogen-bond donors (Lipinski definition) is 3. The number of piperidine rings is 1. The molecule has 0 aliphatic carbocycles. The number of terminal acetylenes is 1. The maximum absolute atomic E-state index is 14.1. The molecule has 3 aromatic rings. The molecule has 0 aromatic heterocycles. The second-order valence-corrected chi connectivity index (χ2v) is 9.67.